The van der Waals surface area contributed by atoms with Gasteiger partial charge in [-0.3, -0.25) is 0 Å². The fourth-order valence-corrected chi connectivity index (χ4v) is 1.70. The first kappa shape index (κ1) is 13.8. The Morgan fingerprint density at radius 2 is 1.88 bits per heavy atom. The Balaban J connectivity index is 2.63. The van der Waals surface area contributed by atoms with E-state index < -0.39 is 11.9 Å². The first-order valence-electron chi connectivity index (χ1n) is 5.59. The summed E-state index contributed by atoms with van der Waals surface area (Å²) in [5, 5.41) is 3.12. The maximum Gasteiger partial charge on any atom is 0.433 e. The number of pyridine rings is 1. The number of nitrogens with one attached hydrogen (secondary N) is 1. The number of hydrogen-bond acceptors (Lipinski definition) is 2. The largest absolute Gasteiger partial charge is 0.433 e. The second-order valence-electron chi connectivity index (χ2n) is 4.60. The number of rotatable bonds is 4. The van der Waals surface area contributed by atoms with Gasteiger partial charge in [-0.1, -0.05) is 13.8 Å². The third-order valence-corrected chi connectivity index (χ3v) is 2.29. The number of aromatic nitrogens is 1. The molecule has 1 aromatic heterocycles. The van der Waals surface area contributed by atoms with Crippen molar-refractivity contribution >= 4 is 5.69 Å². The minimum atomic E-state index is -4.37. The Morgan fingerprint density at radius 1 is 1.24 bits per heavy atom. The molecule has 0 aromatic carbocycles. The second kappa shape index (κ2) is 5.38. The SMILES string of the molecule is CC(C)CC(C)Nc1ccc(C(F)(F)F)nc1. The van der Waals surface area contributed by atoms with Gasteiger partial charge in [0.05, 0.1) is 11.9 Å². The minimum Gasteiger partial charge on any atom is -0.381 e. The number of halogens is 3. The van der Waals surface area contributed by atoms with Crippen LogP contribution < -0.4 is 5.32 Å². The summed E-state index contributed by atoms with van der Waals surface area (Å²) in [5.41, 5.74) is -0.245. The highest BCUT2D eigenvalue weighted by Gasteiger charge is 2.32. The van der Waals surface area contributed by atoms with Crippen LogP contribution in [0.25, 0.3) is 0 Å². The van der Waals surface area contributed by atoms with E-state index in [-0.39, 0.29) is 6.04 Å². The summed E-state index contributed by atoms with van der Waals surface area (Å²) < 4.78 is 36.8. The monoisotopic (exact) mass is 246 g/mol. The molecule has 0 radical (unpaired) electrons. The lowest BCUT2D eigenvalue weighted by Gasteiger charge is -2.17. The third kappa shape index (κ3) is 4.63. The summed E-state index contributed by atoms with van der Waals surface area (Å²) >= 11 is 0. The molecular weight excluding hydrogens is 229 g/mol. The molecule has 0 saturated carbocycles. The van der Waals surface area contributed by atoms with Gasteiger partial charge in [-0.25, -0.2) is 4.98 Å². The highest BCUT2D eigenvalue weighted by atomic mass is 19.4. The van der Waals surface area contributed by atoms with Crippen LogP contribution in [0.5, 0.6) is 0 Å². The summed E-state index contributed by atoms with van der Waals surface area (Å²) in [6.45, 7) is 6.20. The van der Waals surface area contributed by atoms with Crippen molar-refractivity contribution in [2.75, 3.05) is 5.32 Å². The molecule has 0 bridgehead atoms. The molecule has 0 aliphatic heterocycles. The maximum absolute atomic E-state index is 12.3. The molecule has 1 unspecified atom stereocenters. The standard InChI is InChI=1S/C12H17F3N2/c1-8(2)6-9(3)17-10-4-5-11(16-7-10)12(13,14)15/h4-5,7-9,17H,6H2,1-3H3. The molecule has 17 heavy (non-hydrogen) atoms. The Labute approximate surface area is 99.3 Å². The van der Waals surface area contributed by atoms with Gasteiger partial charge in [0, 0.05) is 6.04 Å². The van der Waals surface area contributed by atoms with E-state index in [0.29, 0.717) is 11.6 Å². The van der Waals surface area contributed by atoms with Gasteiger partial charge in [-0.15, -0.1) is 0 Å². The predicted molar refractivity (Wildman–Crippen MR) is 61.8 cm³/mol. The molecule has 1 N–H and O–H groups in total. The third-order valence-electron chi connectivity index (χ3n) is 2.29. The lowest BCUT2D eigenvalue weighted by Crippen LogP contribution is -2.18. The van der Waals surface area contributed by atoms with Crippen molar-refractivity contribution in [2.45, 2.75) is 39.4 Å². The number of hydrogen-bond donors (Lipinski definition) is 1. The van der Waals surface area contributed by atoms with Crippen LogP contribution in [0.2, 0.25) is 0 Å². The van der Waals surface area contributed by atoms with Gasteiger partial charge < -0.3 is 5.32 Å². The maximum atomic E-state index is 12.3. The molecule has 96 valence electrons. The van der Waals surface area contributed by atoms with E-state index in [9.17, 15) is 13.2 Å². The molecule has 0 aliphatic rings. The molecule has 1 heterocycles. The highest BCUT2D eigenvalue weighted by molar-refractivity contribution is 5.42. The molecule has 0 amide bonds. The van der Waals surface area contributed by atoms with E-state index >= 15 is 0 Å². The molecule has 1 aromatic rings. The summed E-state index contributed by atoms with van der Waals surface area (Å²) in [4.78, 5) is 3.39. The van der Waals surface area contributed by atoms with Gasteiger partial charge >= 0.3 is 6.18 Å². The molecular formula is C12H17F3N2. The van der Waals surface area contributed by atoms with Crippen LogP contribution >= 0.6 is 0 Å². The molecule has 0 aliphatic carbocycles. The van der Waals surface area contributed by atoms with Gasteiger partial charge in [0.2, 0.25) is 0 Å². The molecule has 1 atom stereocenters. The molecule has 5 heteroatoms. The van der Waals surface area contributed by atoms with Gasteiger partial charge in [-0.05, 0) is 31.4 Å². The fraction of sp³-hybridized carbons (Fsp3) is 0.583. The predicted octanol–water partition coefficient (Wildman–Crippen LogP) is 3.95. The van der Waals surface area contributed by atoms with Crippen LogP contribution in [-0.4, -0.2) is 11.0 Å². The van der Waals surface area contributed by atoms with Crippen molar-refractivity contribution < 1.29 is 13.2 Å². The molecule has 0 spiro atoms. The number of alkyl halides is 3. The topological polar surface area (TPSA) is 24.9 Å². The quantitative estimate of drug-likeness (QED) is 0.870. The Hall–Kier alpha value is -1.26. The van der Waals surface area contributed by atoms with Crippen LogP contribution in [0, 0.1) is 5.92 Å². The molecule has 0 fully saturated rings. The summed E-state index contributed by atoms with van der Waals surface area (Å²) in [7, 11) is 0. The van der Waals surface area contributed by atoms with Crippen molar-refractivity contribution in [1.29, 1.82) is 0 Å². The van der Waals surface area contributed by atoms with E-state index in [1.54, 1.807) is 0 Å². The molecule has 2 nitrogen and oxygen atoms in total. The van der Waals surface area contributed by atoms with Crippen LogP contribution in [0.1, 0.15) is 32.9 Å². The second-order valence-corrected chi connectivity index (χ2v) is 4.60. The summed E-state index contributed by atoms with van der Waals surface area (Å²) in [6, 6.07) is 2.62. The van der Waals surface area contributed by atoms with Gasteiger partial charge in [0.25, 0.3) is 0 Å². The van der Waals surface area contributed by atoms with Crippen molar-refractivity contribution in [1.82, 2.24) is 4.98 Å². The zero-order chi connectivity index (χ0) is 13.1. The van der Waals surface area contributed by atoms with Gasteiger partial charge in [0.15, 0.2) is 0 Å². The molecule has 1 rings (SSSR count). The van der Waals surface area contributed by atoms with Crippen LogP contribution in [0.3, 0.4) is 0 Å². The zero-order valence-corrected chi connectivity index (χ0v) is 10.2. The van der Waals surface area contributed by atoms with Crippen molar-refractivity contribution in [3.63, 3.8) is 0 Å². The van der Waals surface area contributed by atoms with E-state index in [4.69, 9.17) is 0 Å². The number of anilines is 1. The molecule has 0 saturated heterocycles. The summed E-state index contributed by atoms with van der Waals surface area (Å²) in [5.74, 6) is 0.542. The van der Waals surface area contributed by atoms with Crippen LogP contribution in [0.4, 0.5) is 18.9 Å². The average molecular weight is 246 g/mol. The minimum absolute atomic E-state index is 0.216. The van der Waals surface area contributed by atoms with Crippen LogP contribution in [-0.2, 0) is 6.18 Å². The van der Waals surface area contributed by atoms with Crippen molar-refractivity contribution in [3.05, 3.63) is 24.0 Å². The summed E-state index contributed by atoms with van der Waals surface area (Å²) in [6.07, 6.45) is -2.19. The fourth-order valence-electron chi connectivity index (χ4n) is 1.70. The zero-order valence-electron chi connectivity index (χ0n) is 10.2. The lowest BCUT2D eigenvalue weighted by molar-refractivity contribution is -0.141. The average Bonchev–Trinajstić information content (AvgIpc) is 2.15. The van der Waals surface area contributed by atoms with Gasteiger partial charge in [0.1, 0.15) is 5.69 Å². The first-order chi connectivity index (χ1) is 7.79. The van der Waals surface area contributed by atoms with E-state index in [0.717, 1.165) is 12.5 Å². The van der Waals surface area contributed by atoms with Crippen molar-refractivity contribution in [2.24, 2.45) is 5.92 Å². The van der Waals surface area contributed by atoms with E-state index in [1.807, 2.05) is 6.92 Å². The Morgan fingerprint density at radius 3 is 2.29 bits per heavy atom. The lowest BCUT2D eigenvalue weighted by atomic mass is 10.1. The normalized spacial score (nSPS) is 13.8. The van der Waals surface area contributed by atoms with E-state index in [2.05, 4.69) is 24.1 Å². The van der Waals surface area contributed by atoms with Crippen molar-refractivity contribution in [3.8, 4) is 0 Å². The Bertz CT molecular complexity index is 344. The smallest absolute Gasteiger partial charge is 0.381 e. The Kier molecular flexibility index (Phi) is 4.37. The highest BCUT2D eigenvalue weighted by Crippen LogP contribution is 2.27. The van der Waals surface area contributed by atoms with Crippen LogP contribution in [0.15, 0.2) is 18.3 Å². The number of nitrogens with zero attached hydrogens (tertiary/aromatic N) is 1. The van der Waals surface area contributed by atoms with E-state index in [1.165, 1.54) is 12.3 Å². The first-order valence-corrected chi connectivity index (χ1v) is 5.59. The van der Waals surface area contributed by atoms with Gasteiger partial charge in [-0.2, -0.15) is 13.2 Å².